The molecule has 1 N–H and O–H groups in total. The fourth-order valence-corrected chi connectivity index (χ4v) is 2.29. The molecule has 2 aromatic carbocycles. The van der Waals surface area contributed by atoms with Crippen LogP contribution < -0.4 is 5.32 Å². The number of benzene rings is 2. The molecule has 0 saturated heterocycles. The standard InChI is InChI=1S/C19H21NO3/c1-12-6-5-7-16(11-12)20-18(21)15(4)23-19(22)17-9-8-13(2)10-14(17)3/h5-11,15H,1-4H3,(H,20,21)/t15-/m0/s1. The van der Waals surface area contributed by atoms with E-state index in [1.807, 2.05) is 51.1 Å². The molecule has 0 bridgehead atoms. The molecule has 0 spiro atoms. The summed E-state index contributed by atoms with van der Waals surface area (Å²) in [4.78, 5) is 24.3. The summed E-state index contributed by atoms with van der Waals surface area (Å²) in [6.07, 6.45) is -0.872. The van der Waals surface area contributed by atoms with Crippen LogP contribution in [0.15, 0.2) is 42.5 Å². The van der Waals surface area contributed by atoms with E-state index in [0.717, 1.165) is 16.7 Å². The van der Waals surface area contributed by atoms with Crippen LogP contribution in [0.1, 0.15) is 34.0 Å². The summed E-state index contributed by atoms with van der Waals surface area (Å²) in [5, 5.41) is 2.75. The van der Waals surface area contributed by atoms with E-state index in [1.165, 1.54) is 0 Å². The summed E-state index contributed by atoms with van der Waals surface area (Å²) in [5.41, 5.74) is 4.11. The molecule has 0 heterocycles. The van der Waals surface area contributed by atoms with E-state index in [4.69, 9.17) is 4.74 Å². The average Bonchev–Trinajstić information content (AvgIpc) is 2.46. The SMILES string of the molecule is Cc1cccc(NC(=O)[C@H](C)OC(=O)c2ccc(C)cc2C)c1. The van der Waals surface area contributed by atoms with E-state index in [1.54, 1.807) is 19.1 Å². The highest BCUT2D eigenvalue weighted by Gasteiger charge is 2.20. The van der Waals surface area contributed by atoms with Gasteiger partial charge in [-0.05, 0) is 57.0 Å². The maximum Gasteiger partial charge on any atom is 0.339 e. The molecule has 2 rings (SSSR count). The van der Waals surface area contributed by atoms with Crippen molar-refractivity contribution in [2.45, 2.75) is 33.8 Å². The fourth-order valence-electron chi connectivity index (χ4n) is 2.29. The summed E-state index contributed by atoms with van der Waals surface area (Å²) in [5.74, 6) is -0.844. The number of hydrogen-bond acceptors (Lipinski definition) is 3. The molecule has 0 radical (unpaired) electrons. The third kappa shape index (κ3) is 4.42. The van der Waals surface area contributed by atoms with Crippen molar-refractivity contribution in [1.82, 2.24) is 0 Å². The van der Waals surface area contributed by atoms with E-state index in [-0.39, 0.29) is 5.91 Å². The number of carbonyl (C=O) groups is 2. The monoisotopic (exact) mass is 311 g/mol. The number of anilines is 1. The molecule has 2 aromatic rings. The Bertz CT molecular complexity index is 737. The van der Waals surface area contributed by atoms with Gasteiger partial charge in [0.15, 0.2) is 6.10 Å². The molecule has 0 unspecified atom stereocenters. The van der Waals surface area contributed by atoms with Crippen LogP contribution in [0.5, 0.6) is 0 Å². The predicted molar refractivity (Wildman–Crippen MR) is 90.6 cm³/mol. The van der Waals surface area contributed by atoms with Crippen molar-refractivity contribution in [3.63, 3.8) is 0 Å². The van der Waals surface area contributed by atoms with Crippen LogP contribution in [-0.4, -0.2) is 18.0 Å². The molecule has 0 aliphatic rings. The molecule has 0 aliphatic heterocycles. The van der Waals surface area contributed by atoms with E-state index >= 15 is 0 Å². The van der Waals surface area contributed by atoms with Gasteiger partial charge < -0.3 is 10.1 Å². The zero-order valence-corrected chi connectivity index (χ0v) is 13.8. The normalized spacial score (nSPS) is 11.7. The lowest BCUT2D eigenvalue weighted by Gasteiger charge is -2.15. The molecule has 0 saturated carbocycles. The Labute approximate surface area is 136 Å². The van der Waals surface area contributed by atoms with Gasteiger partial charge in [-0.2, -0.15) is 0 Å². The average molecular weight is 311 g/mol. The first-order valence-electron chi connectivity index (χ1n) is 7.52. The molecule has 23 heavy (non-hydrogen) atoms. The summed E-state index contributed by atoms with van der Waals surface area (Å²) in [7, 11) is 0. The molecule has 0 aliphatic carbocycles. The number of hydrogen-bond donors (Lipinski definition) is 1. The first kappa shape index (κ1) is 16.7. The van der Waals surface area contributed by atoms with Crippen LogP contribution in [0.25, 0.3) is 0 Å². The van der Waals surface area contributed by atoms with E-state index in [9.17, 15) is 9.59 Å². The van der Waals surface area contributed by atoms with Gasteiger partial charge in [0.1, 0.15) is 0 Å². The lowest BCUT2D eigenvalue weighted by Crippen LogP contribution is -2.30. The summed E-state index contributed by atoms with van der Waals surface area (Å²) < 4.78 is 5.27. The van der Waals surface area contributed by atoms with Crippen molar-refractivity contribution < 1.29 is 14.3 Å². The molecule has 4 nitrogen and oxygen atoms in total. The van der Waals surface area contributed by atoms with Gasteiger partial charge in [0.25, 0.3) is 5.91 Å². The first-order valence-corrected chi connectivity index (χ1v) is 7.52. The number of amides is 1. The number of esters is 1. The van der Waals surface area contributed by atoms with Gasteiger partial charge in [0.2, 0.25) is 0 Å². The van der Waals surface area contributed by atoms with Crippen LogP contribution in [0.2, 0.25) is 0 Å². The Morgan fingerprint density at radius 2 is 1.70 bits per heavy atom. The molecule has 0 aromatic heterocycles. The van der Waals surface area contributed by atoms with Crippen molar-refractivity contribution in [1.29, 1.82) is 0 Å². The second-order valence-corrected chi connectivity index (χ2v) is 5.72. The smallest absolute Gasteiger partial charge is 0.339 e. The Morgan fingerprint density at radius 3 is 2.35 bits per heavy atom. The lowest BCUT2D eigenvalue weighted by molar-refractivity contribution is -0.123. The Balaban J connectivity index is 2.01. The topological polar surface area (TPSA) is 55.4 Å². The van der Waals surface area contributed by atoms with Crippen LogP contribution in [0, 0.1) is 20.8 Å². The molecule has 1 atom stereocenters. The molecule has 0 fully saturated rings. The van der Waals surface area contributed by atoms with Crippen molar-refractivity contribution in [2.24, 2.45) is 0 Å². The molecule has 120 valence electrons. The van der Waals surface area contributed by atoms with Crippen molar-refractivity contribution in [3.05, 3.63) is 64.7 Å². The summed E-state index contributed by atoms with van der Waals surface area (Å²) >= 11 is 0. The van der Waals surface area contributed by atoms with Crippen molar-refractivity contribution >= 4 is 17.6 Å². The van der Waals surface area contributed by atoms with Crippen LogP contribution in [0.3, 0.4) is 0 Å². The number of carbonyl (C=O) groups excluding carboxylic acids is 2. The van der Waals surface area contributed by atoms with E-state index in [0.29, 0.717) is 11.3 Å². The van der Waals surface area contributed by atoms with Crippen LogP contribution in [-0.2, 0) is 9.53 Å². The van der Waals surface area contributed by atoms with Gasteiger partial charge >= 0.3 is 5.97 Å². The molecule has 1 amide bonds. The minimum absolute atomic E-state index is 0.353. The van der Waals surface area contributed by atoms with E-state index in [2.05, 4.69) is 5.32 Å². The highest BCUT2D eigenvalue weighted by atomic mass is 16.5. The van der Waals surface area contributed by atoms with Crippen molar-refractivity contribution in [3.8, 4) is 0 Å². The third-order valence-electron chi connectivity index (χ3n) is 3.54. The Hall–Kier alpha value is -2.62. The maximum absolute atomic E-state index is 12.2. The van der Waals surface area contributed by atoms with Gasteiger partial charge in [-0.25, -0.2) is 4.79 Å². The zero-order chi connectivity index (χ0) is 17.0. The highest BCUT2D eigenvalue weighted by Crippen LogP contribution is 2.14. The van der Waals surface area contributed by atoms with Gasteiger partial charge in [0, 0.05) is 5.69 Å². The van der Waals surface area contributed by atoms with Gasteiger partial charge in [0.05, 0.1) is 5.56 Å². The van der Waals surface area contributed by atoms with Crippen LogP contribution in [0.4, 0.5) is 5.69 Å². The minimum atomic E-state index is -0.872. The van der Waals surface area contributed by atoms with E-state index < -0.39 is 12.1 Å². The van der Waals surface area contributed by atoms with Crippen LogP contribution >= 0.6 is 0 Å². The number of aryl methyl sites for hydroxylation is 3. The fraction of sp³-hybridized carbons (Fsp3) is 0.263. The Kier molecular flexibility index (Phi) is 5.16. The number of nitrogens with one attached hydrogen (secondary N) is 1. The second-order valence-electron chi connectivity index (χ2n) is 5.72. The molecular formula is C19H21NO3. The second kappa shape index (κ2) is 7.09. The van der Waals surface area contributed by atoms with Gasteiger partial charge in [-0.1, -0.05) is 29.8 Å². The van der Waals surface area contributed by atoms with Gasteiger partial charge in [-0.3, -0.25) is 4.79 Å². The number of ether oxygens (including phenoxy) is 1. The summed E-state index contributed by atoms with van der Waals surface area (Å²) in [6.45, 7) is 7.31. The molecule has 4 heteroatoms. The summed E-state index contributed by atoms with van der Waals surface area (Å²) in [6, 6.07) is 12.9. The zero-order valence-electron chi connectivity index (χ0n) is 13.8. The maximum atomic E-state index is 12.2. The Morgan fingerprint density at radius 1 is 1.00 bits per heavy atom. The first-order chi connectivity index (χ1) is 10.9. The lowest BCUT2D eigenvalue weighted by atomic mass is 10.1. The van der Waals surface area contributed by atoms with Gasteiger partial charge in [-0.15, -0.1) is 0 Å². The molecular weight excluding hydrogens is 290 g/mol. The largest absolute Gasteiger partial charge is 0.449 e. The highest BCUT2D eigenvalue weighted by molar-refractivity contribution is 5.97. The van der Waals surface area contributed by atoms with Crippen molar-refractivity contribution in [2.75, 3.05) is 5.32 Å². The number of rotatable bonds is 4. The third-order valence-corrected chi connectivity index (χ3v) is 3.54. The predicted octanol–water partition coefficient (Wildman–Crippen LogP) is 3.80. The quantitative estimate of drug-likeness (QED) is 0.874. The minimum Gasteiger partial charge on any atom is -0.449 e.